The van der Waals surface area contributed by atoms with Crippen LogP contribution >= 0.6 is 22.9 Å². The van der Waals surface area contributed by atoms with Crippen LogP contribution in [0.25, 0.3) is 10.2 Å². The standard InChI is InChI=1S/C26H20ClN3O4S/c27-20-4-1-3-18(13-20)16-29-22-10-12-35-23(22)25(32)30(26(29)33)15-17-6-8-19(9-7-17)24(31)28-14-21-5-2-11-34-21/h1-13H,14-16H2,(H,28,31). The van der Waals surface area contributed by atoms with Gasteiger partial charge in [0.2, 0.25) is 0 Å². The van der Waals surface area contributed by atoms with E-state index in [0.717, 1.165) is 11.1 Å². The second kappa shape index (κ2) is 9.77. The van der Waals surface area contributed by atoms with Gasteiger partial charge in [0.1, 0.15) is 10.5 Å². The van der Waals surface area contributed by atoms with E-state index in [2.05, 4.69) is 5.32 Å². The number of fused-ring (bicyclic) bond motifs is 1. The van der Waals surface area contributed by atoms with Gasteiger partial charge in [-0.3, -0.25) is 18.7 Å². The number of amides is 1. The first-order valence-electron chi connectivity index (χ1n) is 10.8. The SMILES string of the molecule is O=C(NCc1ccco1)c1ccc(Cn2c(=O)c3sccc3n(Cc3cccc(Cl)c3)c2=O)cc1. The highest BCUT2D eigenvalue weighted by Gasteiger charge is 2.15. The number of furan rings is 1. The fraction of sp³-hybridized carbons (Fsp3) is 0.115. The van der Waals surface area contributed by atoms with Crippen LogP contribution in [0.15, 0.2) is 92.4 Å². The third kappa shape index (κ3) is 4.84. The van der Waals surface area contributed by atoms with Crippen LogP contribution in [-0.2, 0) is 19.6 Å². The van der Waals surface area contributed by atoms with E-state index in [1.165, 1.54) is 15.9 Å². The van der Waals surface area contributed by atoms with Crippen molar-refractivity contribution in [3.63, 3.8) is 0 Å². The van der Waals surface area contributed by atoms with E-state index in [1.54, 1.807) is 70.8 Å². The fourth-order valence-electron chi connectivity index (χ4n) is 3.87. The summed E-state index contributed by atoms with van der Waals surface area (Å²) >= 11 is 7.42. The van der Waals surface area contributed by atoms with Crippen LogP contribution in [-0.4, -0.2) is 15.0 Å². The van der Waals surface area contributed by atoms with E-state index in [9.17, 15) is 14.4 Å². The lowest BCUT2D eigenvalue weighted by Crippen LogP contribution is -2.40. The molecule has 0 saturated heterocycles. The van der Waals surface area contributed by atoms with Gasteiger partial charge in [-0.2, -0.15) is 0 Å². The van der Waals surface area contributed by atoms with Gasteiger partial charge in [0.05, 0.1) is 31.4 Å². The van der Waals surface area contributed by atoms with Gasteiger partial charge >= 0.3 is 5.69 Å². The summed E-state index contributed by atoms with van der Waals surface area (Å²) in [6, 6.07) is 19.5. The molecule has 0 aliphatic heterocycles. The number of hydrogen-bond donors (Lipinski definition) is 1. The first kappa shape index (κ1) is 22.9. The van der Waals surface area contributed by atoms with E-state index in [0.29, 0.717) is 33.1 Å². The second-order valence-electron chi connectivity index (χ2n) is 7.98. The Morgan fingerprint density at radius 1 is 0.943 bits per heavy atom. The number of nitrogens with one attached hydrogen (secondary N) is 1. The number of thiophene rings is 1. The Morgan fingerprint density at radius 3 is 2.49 bits per heavy atom. The molecule has 0 unspecified atom stereocenters. The van der Waals surface area contributed by atoms with E-state index >= 15 is 0 Å². The zero-order valence-corrected chi connectivity index (χ0v) is 20.0. The highest BCUT2D eigenvalue weighted by atomic mass is 35.5. The second-order valence-corrected chi connectivity index (χ2v) is 9.34. The molecule has 0 radical (unpaired) electrons. The molecular weight excluding hydrogens is 486 g/mol. The van der Waals surface area contributed by atoms with E-state index < -0.39 is 5.69 Å². The average Bonchev–Trinajstić information content (AvgIpc) is 3.56. The lowest BCUT2D eigenvalue weighted by molar-refractivity contribution is 0.0948. The van der Waals surface area contributed by atoms with Gasteiger partial charge in [-0.25, -0.2) is 4.79 Å². The molecule has 5 rings (SSSR count). The first-order valence-corrected chi connectivity index (χ1v) is 12.1. The van der Waals surface area contributed by atoms with Crippen LogP contribution in [0.1, 0.15) is 27.2 Å². The van der Waals surface area contributed by atoms with Crippen LogP contribution in [0, 0.1) is 0 Å². The predicted molar refractivity (Wildman–Crippen MR) is 136 cm³/mol. The maximum absolute atomic E-state index is 13.4. The van der Waals surface area contributed by atoms with Gasteiger partial charge in [-0.05, 0) is 59.0 Å². The summed E-state index contributed by atoms with van der Waals surface area (Å²) in [7, 11) is 0. The Balaban J connectivity index is 1.41. The molecular formula is C26H20ClN3O4S. The Kier molecular flexibility index (Phi) is 6.39. The molecule has 0 aliphatic carbocycles. The van der Waals surface area contributed by atoms with Crippen molar-refractivity contribution in [3.8, 4) is 0 Å². The lowest BCUT2D eigenvalue weighted by Gasteiger charge is -2.13. The highest BCUT2D eigenvalue weighted by Crippen LogP contribution is 2.18. The Morgan fingerprint density at radius 2 is 1.74 bits per heavy atom. The largest absolute Gasteiger partial charge is 0.467 e. The maximum Gasteiger partial charge on any atom is 0.332 e. The normalized spacial score (nSPS) is 11.1. The Bertz CT molecular complexity index is 1620. The van der Waals surface area contributed by atoms with Crippen molar-refractivity contribution in [2.45, 2.75) is 19.6 Å². The monoisotopic (exact) mass is 505 g/mol. The molecule has 35 heavy (non-hydrogen) atoms. The van der Waals surface area contributed by atoms with Crippen LogP contribution in [0.4, 0.5) is 0 Å². The summed E-state index contributed by atoms with van der Waals surface area (Å²) in [4.78, 5) is 38.9. The van der Waals surface area contributed by atoms with Crippen molar-refractivity contribution < 1.29 is 9.21 Å². The summed E-state index contributed by atoms with van der Waals surface area (Å²) in [5, 5.41) is 5.18. The predicted octanol–water partition coefficient (Wildman–Crippen LogP) is 4.50. The van der Waals surface area contributed by atoms with E-state index in [1.807, 2.05) is 12.1 Å². The van der Waals surface area contributed by atoms with E-state index in [-0.39, 0.29) is 24.6 Å². The summed E-state index contributed by atoms with van der Waals surface area (Å²) in [6.07, 6.45) is 1.55. The average molecular weight is 506 g/mol. The zero-order chi connectivity index (χ0) is 24.4. The van der Waals surface area contributed by atoms with Gasteiger partial charge in [-0.1, -0.05) is 35.9 Å². The number of aromatic nitrogens is 2. The number of carbonyl (C=O) groups excluding carboxylic acids is 1. The molecule has 176 valence electrons. The Labute approximate surface area is 208 Å². The molecule has 0 saturated carbocycles. The molecule has 3 heterocycles. The molecule has 0 bridgehead atoms. The van der Waals surface area contributed by atoms with Crippen LogP contribution in [0.3, 0.4) is 0 Å². The molecule has 3 aromatic heterocycles. The highest BCUT2D eigenvalue weighted by molar-refractivity contribution is 7.17. The van der Waals surface area contributed by atoms with Crippen molar-refractivity contribution in [2.24, 2.45) is 0 Å². The summed E-state index contributed by atoms with van der Waals surface area (Å²) in [5.41, 5.74) is 1.94. The summed E-state index contributed by atoms with van der Waals surface area (Å²) in [6.45, 7) is 0.674. The van der Waals surface area contributed by atoms with Gasteiger partial charge in [0.25, 0.3) is 11.5 Å². The number of carbonyl (C=O) groups is 1. The number of nitrogens with zero attached hydrogens (tertiary/aromatic N) is 2. The van der Waals surface area contributed by atoms with Crippen LogP contribution < -0.4 is 16.6 Å². The molecule has 2 aromatic carbocycles. The lowest BCUT2D eigenvalue weighted by atomic mass is 10.1. The molecule has 0 atom stereocenters. The third-order valence-corrected chi connectivity index (χ3v) is 6.75. The summed E-state index contributed by atoms with van der Waals surface area (Å²) < 4.78 is 8.56. The number of halogens is 1. The quantitative estimate of drug-likeness (QED) is 0.353. The smallest absolute Gasteiger partial charge is 0.332 e. The molecule has 7 nitrogen and oxygen atoms in total. The van der Waals surface area contributed by atoms with Crippen LogP contribution in [0.2, 0.25) is 5.02 Å². The minimum atomic E-state index is -0.402. The molecule has 0 fully saturated rings. The van der Waals surface area contributed by atoms with Crippen molar-refractivity contribution >= 4 is 39.1 Å². The molecule has 0 spiro atoms. The van der Waals surface area contributed by atoms with Gasteiger partial charge in [0.15, 0.2) is 0 Å². The number of hydrogen-bond acceptors (Lipinski definition) is 5. The number of benzene rings is 2. The summed E-state index contributed by atoms with van der Waals surface area (Å²) in [5.74, 6) is 0.418. The van der Waals surface area contributed by atoms with Gasteiger partial charge < -0.3 is 9.73 Å². The molecule has 0 aliphatic rings. The molecule has 5 aromatic rings. The van der Waals surface area contributed by atoms with Crippen molar-refractivity contribution in [1.29, 1.82) is 0 Å². The van der Waals surface area contributed by atoms with Gasteiger partial charge in [0, 0.05) is 10.6 Å². The van der Waals surface area contributed by atoms with Crippen molar-refractivity contribution in [3.05, 3.63) is 127 Å². The van der Waals surface area contributed by atoms with Crippen molar-refractivity contribution in [2.75, 3.05) is 0 Å². The Hall–Kier alpha value is -3.88. The first-order chi connectivity index (χ1) is 17.0. The maximum atomic E-state index is 13.4. The third-order valence-electron chi connectivity index (χ3n) is 5.63. The van der Waals surface area contributed by atoms with Crippen molar-refractivity contribution in [1.82, 2.24) is 14.5 Å². The topological polar surface area (TPSA) is 86.2 Å². The molecule has 1 amide bonds. The molecule has 1 N–H and O–H groups in total. The van der Waals surface area contributed by atoms with E-state index in [4.69, 9.17) is 16.0 Å². The molecule has 9 heteroatoms. The van der Waals surface area contributed by atoms with Crippen LogP contribution in [0.5, 0.6) is 0 Å². The number of rotatable bonds is 7. The minimum absolute atomic E-state index is 0.0926. The van der Waals surface area contributed by atoms with Gasteiger partial charge in [-0.15, -0.1) is 11.3 Å². The fourth-order valence-corrected chi connectivity index (χ4v) is 4.93. The minimum Gasteiger partial charge on any atom is -0.467 e. The zero-order valence-electron chi connectivity index (χ0n) is 18.4.